The maximum absolute atomic E-state index is 8.96. The molecule has 2 fully saturated rings. The van der Waals surface area contributed by atoms with Crippen LogP contribution in [0.15, 0.2) is 12.4 Å². The normalized spacial score (nSPS) is 35.6. The fourth-order valence-electron chi connectivity index (χ4n) is 3.94. The highest BCUT2D eigenvalue weighted by Crippen LogP contribution is 2.66. The van der Waals surface area contributed by atoms with Crippen LogP contribution in [0.5, 0.6) is 5.88 Å². The number of hydrogen-bond acceptors (Lipinski definition) is 4. The lowest BCUT2D eigenvalue weighted by atomic mass is 9.70. The van der Waals surface area contributed by atoms with Gasteiger partial charge in [-0.25, -0.2) is 4.98 Å². The highest BCUT2D eigenvalue weighted by atomic mass is 16.5. The molecule has 0 amide bonds. The van der Waals surface area contributed by atoms with Crippen molar-refractivity contribution in [2.75, 3.05) is 0 Å². The molecule has 2 aliphatic carbocycles. The molecule has 2 aliphatic rings. The molecular weight excluding hydrogens is 240 g/mol. The van der Waals surface area contributed by atoms with E-state index in [1.54, 1.807) is 12.4 Å². The molecule has 104 valence electrons. The van der Waals surface area contributed by atoms with Gasteiger partial charge in [0.15, 0.2) is 0 Å². The van der Waals surface area contributed by atoms with Gasteiger partial charge in [-0.1, -0.05) is 20.8 Å². The van der Waals surface area contributed by atoms with Crippen LogP contribution in [0.3, 0.4) is 0 Å². The van der Waals surface area contributed by atoms with Crippen LogP contribution in [0.2, 0.25) is 0 Å². The van der Waals surface area contributed by atoms with E-state index in [-0.39, 0.29) is 18.1 Å². The summed E-state index contributed by atoms with van der Waals surface area (Å²) >= 11 is 0. The third-order valence-electron chi connectivity index (χ3n) is 5.82. The third kappa shape index (κ3) is 1.76. The quantitative estimate of drug-likeness (QED) is 0.909. The van der Waals surface area contributed by atoms with Crippen LogP contribution in [-0.2, 0) is 6.61 Å². The summed E-state index contributed by atoms with van der Waals surface area (Å²) in [5.41, 5.74) is 1.15. The van der Waals surface area contributed by atoms with Gasteiger partial charge in [0.05, 0.1) is 24.7 Å². The Hall–Kier alpha value is -1.16. The summed E-state index contributed by atoms with van der Waals surface area (Å²) in [6, 6.07) is 0. The van der Waals surface area contributed by atoms with Gasteiger partial charge in [-0.2, -0.15) is 0 Å². The first kappa shape index (κ1) is 12.9. The number of ether oxygens (including phenoxy) is 1. The summed E-state index contributed by atoms with van der Waals surface area (Å²) in [5.74, 6) is 1.33. The third-order valence-corrected chi connectivity index (χ3v) is 5.82. The van der Waals surface area contributed by atoms with Crippen LogP contribution < -0.4 is 4.74 Å². The lowest BCUT2D eigenvalue weighted by Gasteiger charge is -2.38. The maximum Gasteiger partial charge on any atom is 0.232 e. The molecule has 0 saturated heterocycles. The molecule has 1 aromatic heterocycles. The van der Waals surface area contributed by atoms with Crippen LogP contribution in [-0.4, -0.2) is 21.2 Å². The largest absolute Gasteiger partial charge is 0.473 e. The van der Waals surface area contributed by atoms with E-state index in [2.05, 4.69) is 30.7 Å². The fraction of sp³-hybridized carbons (Fsp3) is 0.733. The second-order valence-electron chi connectivity index (χ2n) is 6.72. The summed E-state index contributed by atoms with van der Waals surface area (Å²) in [6.45, 7) is 7.01. The molecule has 4 nitrogen and oxygen atoms in total. The second-order valence-corrected chi connectivity index (χ2v) is 6.72. The first-order chi connectivity index (χ1) is 8.97. The summed E-state index contributed by atoms with van der Waals surface area (Å²) < 4.78 is 6.09. The van der Waals surface area contributed by atoms with E-state index in [1.807, 2.05) is 0 Å². The molecular formula is C15H22N2O2. The van der Waals surface area contributed by atoms with Crippen LogP contribution in [0.1, 0.15) is 45.7 Å². The molecule has 0 aromatic carbocycles. The minimum absolute atomic E-state index is 0.0798. The highest BCUT2D eigenvalue weighted by Gasteiger charge is 2.62. The van der Waals surface area contributed by atoms with Gasteiger partial charge in [0, 0.05) is 5.41 Å². The maximum atomic E-state index is 8.96. The molecule has 3 rings (SSSR count). The van der Waals surface area contributed by atoms with Crippen molar-refractivity contribution in [1.29, 1.82) is 0 Å². The SMILES string of the molecule is CC1(C)C2CCC1(C)C(Oc1cnc(CO)cn1)C2. The molecule has 2 saturated carbocycles. The monoisotopic (exact) mass is 262 g/mol. The minimum atomic E-state index is -0.0798. The number of hydrogen-bond donors (Lipinski definition) is 1. The van der Waals surface area contributed by atoms with Crippen molar-refractivity contribution in [2.24, 2.45) is 16.7 Å². The van der Waals surface area contributed by atoms with Crippen molar-refractivity contribution in [2.45, 2.75) is 52.7 Å². The Labute approximate surface area is 114 Å². The molecule has 3 atom stereocenters. The smallest absolute Gasteiger partial charge is 0.232 e. The molecule has 1 heterocycles. The number of aliphatic hydroxyl groups is 1. The summed E-state index contributed by atoms with van der Waals surface area (Å²) in [4.78, 5) is 8.35. The molecule has 1 N–H and O–H groups in total. The van der Waals surface area contributed by atoms with E-state index in [1.165, 1.54) is 12.8 Å². The standard InChI is InChI=1S/C15H22N2O2/c1-14(2)10-4-5-15(14,3)12(6-10)19-13-8-16-11(9-18)7-17-13/h7-8,10,12,18H,4-6,9H2,1-3H3. The molecule has 0 radical (unpaired) electrons. The molecule has 19 heavy (non-hydrogen) atoms. The first-order valence-corrected chi connectivity index (χ1v) is 7.06. The Kier molecular flexibility index (Phi) is 2.82. The van der Waals surface area contributed by atoms with Crippen molar-refractivity contribution in [3.8, 4) is 5.88 Å². The zero-order valence-corrected chi connectivity index (χ0v) is 11.9. The average Bonchev–Trinajstić information content (AvgIpc) is 2.73. The van der Waals surface area contributed by atoms with E-state index in [9.17, 15) is 0 Å². The molecule has 2 bridgehead atoms. The first-order valence-electron chi connectivity index (χ1n) is 7.06. The van der Waals surface area contributed by atoms with Crippen LogP contribution >= 0.6 is 0 Å². The number of aromatic nitrogens is 2. The van der Waals surface area contributed by atoms with Gasteiger partial charge in [-0.15, -0.1) is 0 Å². The fourth-order valence-corrected chi connectivity index (χ4v) is 3.94. The molecule has 1 aromatic rings. The van der Waals surface area contributed by atoms with Crippen molar-refractivity contribution in [3.05, 3.63) is 18.1 Å². The van der Waals surface area contributed by atoms with Gasteiger partial charge in [0.1, 0.15) is 6.10 Å². The van der Waals surface area contributed by atoms with E-state index in [0.29, 0.717) is 17.0 Å². The lowest BCUT2D eigenvalue weighted by molar-refractivity contribution is 0.0270. The minimum Gasteiger partial charge on any atom is -0.473 e. The Bertz CT molecular complexity index is 472. The zero-order chi connectivity index (χ0) is 13.7. The lowest BCUT2D eigenvalue weighted by Crippen LogP contribution is -2.39. The van der Waals surface area contributed by atoms with Crippen LogP contribution in [0.25, 0.3) is 0 Å². The van der Waals surface area contributed by atoms with Gasteiger partial charge in [0.2, 0.25) is 5.88 Å². The van der Waals surface area contributed by atoms with Crippen molar-refractivity contribution in [3.63, 3.8) is 0 Å². The molecule has 0 aliphatic heterocycles. The Balaban J connectivity index is 1.78. The highest BCUT2D eigenvalue weighted by molar-refractivity contribution is 5.15. The summed E-state index contributed by atoms with van der Waals surface area (Å²) in [6.07, 6.45) is 7.10. The average molecular weight is 262 g/mol. The van der Waals surface area contributed by atoms with Gasteiger partial charge in [-0.3, -0.25) is 4.98 Å². The summed E-state index contributed by atoms with van der Waals surface area (Å²) in [7, 11) is 0. The topological polar surface area (TPSA) is 55.2 Å². The van der Waals surface area contributed by atoms with Gasteiger partial charge < -0.3 is 9.84 Å². The number of aliphatic hydroxyl groups excluding tert-OH is 1. The van der Waals surface area contributed by atoms with E-state index < -0.39 is 0 Å². The predicted molar refractivity (Wildman–Crippen MR) is 71.6 cm³/mol. The Morgan fingerprint density at radius 1 is 1.32 bits per heavy atom. The van der Waals surface area contributed by atoms with Gasteiger partial charge in [0.25, 0.3) is 0 Å². The van der Waals surface area contributed by atoms with Crippen molar-refractivity contribution < 1.29 is 9.84 Å². The Morgan fingerprint density at radius 2 is 2.11 bits per heavy atom. The van der Waals surface area contributed by atoms with Crippen molar-refractivity contribution in [1.82, 2.24) is 9.97 Å². The molecule has 4 heteroatoms. The molecule has 3 unspecified atom stereocenters. The number of rotatable bonds is 3. The van der Waals surface area contributed by atoms with Gasteiger partial charge in [-0.05, 0) is 30.6 Å². The Morgan fingerprint density at radius 3 is 2.58 bits per heavy atom. The van der Waals surface area contributed by atoms with Gasteiger partial charge >= 0.3 is 0 Å². The van der Waals surface area contributed by atoms with E-state index in [4.69, 9.17) is 9.84 Å². The second kappa shape index (κ2) is 4.17. The number of nitrogens with zero attached hydrogens (tertiary/aromatic N) is 2. The van der Waals surface area contributed by atoms with E-state index >= 15 is 0 Å². The van der Waals surface area contributed by atoms with E-state index in [0.717, 1.165) is 12.3 Å². The van der Waals surface area contributed by atoms with Crippen LogP contribution in [0.4, 0.5) is 0 Å². The predicted octanol–water partition coefficient (Wildman–Crippen LogP) is 2.56. The molecule has 0 spiro atoms. The zero-order valence-electron chi connectivity index (χ0n) is 11.9. The number of fused-ring (bicyclic) bond motifs is 2. The summed E-state index contributed by atoms with van der Waals surface area (Å²) in [5, 5.41) is 8.96. The van der Waals surface area contributed by atoms with Crippen molar-refractivity contribution >= 4 is 0 Å². The van der Waals surface area contributed by atoms with Crippen LogP contribution in [0, 0.1) is 16.7 Å².